The fourth-order valence-electron chi connectivity index (χ4n) is 3.20. The minimum Gasteiger partial charge on any atom is -0.478 e. The first-order valence-corrected chi connectivity index (χ1v) is 8.45. The number of carboxylic acids is 1. The highest BCUT2D eigenvalue weighted by molar-refractivity contribution is 5.87. The molecule has 1 saturated carbocycles. The van der Waals surface area contributed by atoms with Gasteiger partial charge in [-0.05, 0) is 43.5 Å². The van der Waals surface area contributed by atoms with Crippen molar-refractivity contribution < 1.29 is 14.6 Å². The SMILES string of the molecule is CN1CCOC(CN(Cc2cccc(C(=O)O)c2)CC2CC2)C1. The molecule has 5 nitrogen and oxygen atoms in total. The summed E-state index contributed by atoms with van der Waals surface area (Å²) in [5, 5.41) is 9.15. The number of aromatic carboxylic acids is 1. The Morgan fingerprint density at radius 2 is 2.22 bits per heavy atom. The van der Waals surface area contributed by atoms with E-state index in [1.54, 1.807) is 12.1 Å². The van der Waals surface area contributed by atoms with E-state index in [-0.39, 0.29) is 6.10 Å². The molecule has 1 aromatic carbocycles. The van der Waals surface area contributed by atoms with Crippen molar-refractivity contribution in [1.29, 1.82) is 0 Å². The highest BCUT2D eigenvalue weighted by atomic mass is 16.5. The zero-order valence-electron chi connectivity index (χ0n) is 13.8. The molecule has 0 aromatic heterocycles. The normalized spacial score (nSPS) is 22.4. The number of ether oxygens (including phenoxy) is 1. The fourth-order valence-corrected chi connectivity index (χ4v) is 3.20. The first-order chi connectivity index (χ1) is 11.1. The Kier molecular flexibility index (Phi) is 5.30. The number of likely N-dealkylation sites (N-methyl/N-ethyl adjacent to an activating group) is 1. The van der Waals surface area contributed by atoms with Gasteiger partial charge in [-0.15, -0.1) is 0 Å². The number of carbonyl (C=O) groups is 1. The zero-order valence-corrected chi connectivity index (χ0v) is 13.8. The Bertz CT molecular complexity index is 545. The van der Waals surface area contributed by atoms with Crippen molar-refractivity contribution >= 4 is 5.97 Å². The lowest BCUT2D eigenvalue weighted by molar-refractivity contribution is -0.0372. The summed E-state index contributed by atoms with van der Waals surface area (Å²) in [6.45, 7) is 5.56. The average Bonchev–Trinajstić information content (AvgIpc) is 3.31. The van der Waals surface area contributed by atoms with Crippen LogP contribution < -0.4 is 0 Å². The molecule has 1 aliphatic heterocycles. The van der Waals surface area contributed by atoms with Gasteiger partial charge in [0.1, 0.15) is 0 Å². The first-order valence-electron chi connectivity index (χ1n) is 8.45. The smallest absolute Gasteiger partial charge is 0.335 e. The maximum Gasteiger partial charge on any atom is 0.335 e. The van der Waals surface area contributed by atoms with E-state index in [2.05, 4.69) is 16.8 Å². The van der Waals surface area contributed by atoms with Gasteiger partial charge in [0.25, 0.3) is 0 Å². The molecule has 1 N–H and O–H groups in total. The molecule has 1 unspecified atom stereocenters. The highest BCUT2D eigenvalue weighted by Gasteiger charge is 2.27. The lowest BCUT2D eigenvalue weighted by Crippen LogP contribution is -2.46. The van der Waals surface area contributed by atoms with E-state index in [0.717, 1.165) is 50.8 Å². The summed E-state index contributed by atoms with van der Waals surface area (Å²) in [5.74, 6) is -0.0585. The van der Waals surface area contributed by atoms with Crippen molar-refractivity contribution in [3.63, 3.8) is 0 Å². The number of rotatable bonds is 7. The van der Waals surface area contributed by atoms with E-state index in [0.29, 0.717) is 5.56 Å². The van der Waals surface area contributed by atoms with Gasteiger partial charge in [0.2, 0.25) is 0 Å². The van der Waals surface area contributed by atoms with Crippen LogP contribution in [0.1, 0.15) is 28.8 Å². The molecule has 2 aliphatic rings. The third-order valence-corrected chi connectivity index (χ3v) is 4.60. The van der Waals surface area contributed by atoms with E-state index >= 15 is 0 Å². The maximum absolute atomic E-state index is 11.1. The molecule has 2 fully saturated rings. The Hall–Kier alpha value is -1.43. The molecular weight excluding hydrogens is 292 g/mol. The second-order valence-electron chi connectivity index (χ2n) is 6.90. The molecule has 0 radical (unpaired) electrons. The average molecular weight is 318 g/mol. The van der Waals surface area contributed by atoms with Crippen LogP contribution in [-0.2, 0) is 11.3 Å². The maximum atomic E-state index is 11.1. The Labute approximate surface area is 137 Å². The van der Waals surface area contributed by atoms with E-state index in [1.165, 1.54) is 12.8 Å². The van der Waals surface area contributed by atoms with Gasteiger partial charge >= 0.3 is 5.97 Å². The largest absolute Gasteiger partial charge is 0.478 e. The minimum atomic E-state index is -0.863. The predicted molar refractivity (Wildman–Crippen MR) is 88.6 cm³/mol. The summed E-state index contributed by atoms with van der Waals surface area (Å²) in [4.78, 5) is 15.9. The molecule has 23 heavy (non-hydrogen) atoms. The Balaban J connectivity index is 1.63. The molecule has 1 aromatic rings. The lowest BCUT2D eigenvalue weighted by atomic mass is 10.1. The van der Waals surface area contributed by atoms with Crippen LogP contribution in [0.3, 0.4) is 0 Å². The topological polar surface area (TPSA) is 53.0 Å². The third-order valence-electron chi connectivity index (χ3n) is 4.60. The van der Waals surface area contributed by atoms with Crippen LogP contribution in [0.2, 0.25) is 0 Å². The van der Waals surface area contributed by atoms with Gasteiger partial charge < -0.3 is 14.7 Å². The molecule has 0 spiro atoms. The highest BCUT2D eigenvalue weighted by Crippen LogP contribution is 2.30. The van der Waals surface area contributed by atoms with Crippen molar-refractivity contribution in [1.82, 2.24) is 9.80 Å². The van der Waals surface area contributed by atoms with Crippen molar-refractivity contribution in [2.24, 2.45) is 5.92 Å². The molecule has 0 amide bonds. The van der Waals surface area contributed by atoms with Crippen molar-refractivity contribution in [2.75, 3.05) is 39.8 Å². The third kappa shape index (κ3) is 5.03. The van der Waals surface area contributed by atoms with Crippen LogP contribution in [0, 0.1) is 5.92 Å². The van der Waals surface area contributed by atoms with Crippen LogP contribution in [0.25, 0.3) is 0 Å². The molecular formula is C18H26N2O3. The molecule has 3 rings (SSSR count). The van der Waals surface area contributed by atoms with Gasteiger partial charge in [0.05, 0.1) is 18.3 Å². The zero-order chi connectivity index (χ0) is 16.2. The minimum absolute atomic E-state index is 0.246. The monoisotopic (exact) mass is 318 g/mol. The van der Waals surface area contributed by atoms with Gasteiger partial charge in [-0.2, -0.15) is 0 Å². The molecule has 126 valence electrons. The van der Waals surface area contributed by atoms with Crippen LogP contribution in [-0.4, -0.2) is 66.8 Å². The number of benzene rings is 1. The number of hydrogen-bond acceptors (Lipinski definition) is 4. The van der Waals surface area contributed by atoms with Crippen molar-refractivity contribution in [3.05, 3.63) is 35.4 Å². The molecule has 1 atom stereocenters. The molecule has 1 heterocycles. The number of carboxylic acid groups (broad SMARTS) is 1. The van der Waals surface area contributed by atoms with Crippen LogP contribution in [0.4, 0.5) is 0 Å². The summed E-state index contributed by atoms with van der Waals surface area (Å²) in [6.07, 6.45) is 2.88. The van der Waals surface area contributed by atoms with E-state index in [9.17, 15) is 4.79 Å². The Morgan fingerprint density at radius 1 is 1.39 bits per heavy atom. The van der Waals surface area contributed by atoms with E-state index in [4.69, 9.17) is 9.84 Å². The van der Waals surface area contributed by atoms with E-state index in [1.807, 2.05) is 12.1 Å². The number of morpholine rings is 1. The van der Waals surface area contributed by atoms with Gasteiger partial charge in [-0.3, -0.25) is 4.90 Å². The quantitative estimate of drug-likeness (QED) is 0.832. The molecule has 5 heteroatoms. The van der Waals surface area contributed by atoms with Gasteiger partial charge in [0.15, 0.2) is 0 Å². The standard InChI is InChI=1S/C18H26N2O3/c1-19-7-8-23-17(12-19)13-20(10-14-5-6-14)11-15-3-2-4-16(9-15)18(21)22/h2-4,9,14,17H,5-8,10-13H2,1H3,(H,21,22). The van der Waals surface area contributed by atoms with Crippen LogP contribution >= 0.6 is 0 Å². The summed E-state index contributed by atoms with van der Waals surface area (Å²) in [5.41, 5.74) is 1.43. The summed E-state index contributed by atoms with van der Waals surface area (Å²) in [6, 6.07) is 7.28. The predicted octanol–water partition coefficient (Wildman–Crippen LogP) is 1.93. The summed E-state index contributed by atoms with van der Waals surface area (Å²) < 4.78 is 5.90. The fraction of sp³-hybridized carbons (Fsp3) is 0.611. The summed E-state index contributed by atoms with van der Waals surface area (Å²) in [7, 11) is 2.14. The first kappa shape index (κ1) is 16.4. The molecule has 0 bridgehead atoms. The summed E-state index contributed by atoms with van der Waals surface area (Å²) >= 11 is 0. The van der Waals surface area contributed by atoms with Crippen molar-refractivity contribution in [3.8, 4) is 0 Å². The van der Waals surface area contributed by atoms with Crippen molar-refractivity contribution in [2.45, 2.75) is 25.5 Å². The van der Waals surface area contributed by atoms with Gasteiger partial charge in [0, 0.05) is 32.7 Å². The number of hydrogen-bond donors (Lipinski definition) is 1. The van der Waals surface area contributed by atoms with E-state index < -0.39 is 5.97 Å². The number of nitrogens with zero attached hydrogens (tertiary/aromatic N) is 2. The van der Waals surface area contributed by atoms with Gasteiger partial charge in [-0.1, -0.05) is 12.1 Å². The van der Waals surface area contributed by atoms with Crippen LogP contribution in [0.15, 0.2) is 24.3 Å². The molecule has 1 saturated heterocycles. The van der Waals surface area contributed by atoms with Crippen LogP contribution in [0.5, 0.6) is 0 Å². The second kappa shape index (κ2) is 7.43. The molecule has 1 aliphatic carbocycles. The second-order valence-corrected chi connectivity index (χ2v) is 6.90. The lowest BCUT2D eigenvalue weighted by Gasteiger charge is -2.34. The Morgan fingerprint density at radius 3 is 2.91 bits per heavy atom. The van der Waals surface area contributed by atoms with Gasteiger partial charge in [-0.25, -0.2) is 4.79 Å².